The number of hydrogen-bond acceptors (Lipinski definition) is 7. The van der Waals surface area contributed by atoms with Crippen molar-refractivity contribution in [2.75, 3.05) is 0 Å². The lowest BCUT2D eigenvalue weighted by atomic mass is 10.2. The van der Waals surface area contributed by atoms with Crippen LogP contribution in [0.4, 0.5) is 0 Å². The summed E-state index contributed by atoms with van der Waals surface area (Å²) in [6.45, 7) is 3.68. The third-order valence-electron chi connectivity index (χ3n) is 3.74. The molecule has 1 unspecified atom stereocenters. The van der Waals surface area contributed by atoms with Crippen LogP contribution in [0.25, 0.3) is 23.0 Å². The van der Waals surface area contributed by atoms with Gasteiger partial charge in [-0.15, -0.1) is 0 Å². The van der Waals surface area contributed by atoms with Gasteiger partial charge in [0.2, 0.25) is 11.7 Å². The summed E-state index contributed by atoms with van der Waals surface area (Å²) in [6, 6.07) is 6.38. The van der Waals surface area contributed by atoms with Gasteiger partial charge in [-0.2, -0.15) is 10.1 Å². The van der Waals surface area contributed by atoms with Crippen LogP contribution < -0.4 is 10.9 Å². The van der Waals surface area contributed by atoms with E-state index < -0.39 is 0 Å². The Balaban J connectivity index is 1.83. The topological polar surface area (TPSA) is 116 Å². The number of amides is 1. The second kappa shape index (κ2) is 7.68. The summed E-state index contributed by atoms with van der Waals surface area (Å²) >= 11 is 0. The van der Waals surface area contributed by atoms with Crippen molar-refractivity contribution in [2.45, 2.75) is 32.9 Å². The Labute approximate surface area is 149 Å². The summed E-state index contributed by atoms with van der Waals surface area (Å²) in [4.78, 5) is 32.2. The van der Waals surface area contributed by atoms with Crippen LogP contribution >= 0.6 is 0 Å². The minimum atomic E-state index is -0.389. The van der Waals surface area contributed by atoms with Crippen molar-refractivity contribution in [3.05, 3.63) is 47.0 Å². The van der Waals surface area contributed by atoms with Gasteiger partial charge in [0.1, 0.15) is 12.2 Å². The monoisotopic (exact) mass is 354 g/mol. The summed E-state index contributed by atoms with van der Waals surface area (Å²) in [5, 5.41) is 10.8. The maximum atomic E-state index is 12.0. The molecule has 0 aromatic carbocycles. The molecule has 0 aliphatic rings. The van der Waals surface area contributed by atoms with Crippen molar-refractivity contribution in [1.82, 2.24) is 30.2 Å². The van der Waals surface area contributed by atoms with Gasteiger partial charge in [0.25, 0.3) is 11.4 Å². The van der Waals surface area contributed by atoms with Crippen LogP contribution in [0.1, 0.15) is 20.3 Å². The Hall–Kier alpha value is -3.36. The van der Waals surface area contributed by atoms with Crippen molar-refractivity contribution < 1.29 is 9.32 Å². The molecule has 0 bridgehead atoms. The molecule has 0 radical (unpaired) electrons. The van der Waals surface area contributed by atoms with E-state index in [1.165, 1.54) is 12.1 Å². The molecule has 1 atom stereocenters. The Morgan fingerprint density at radius 3 is 2.92 bits per heavy atom. The molecule has 1 amide bonds. The van der Waals surface area contributed by atoms with Gasteiger partial charge in [-0.25, -0.2) is 4.68 Å². The molecule has 0 fully saturated rings. The summed E-state index contributed by atoms with van der Waals surface area (Å²) in [6.07, 6.45) is 4.06. The standard InChI is InChI=1S/C17H18N6O3/c1-3-11(2)19-14(24)10-23-15(25)7-6-13(21-23)17-20-16(22-26-17)12-5-4-8-18-9-12/h4-9,11H,3,10H2,1-2H3,(H,19,24). The molecule has 134 valence electrons. The number of rotatable bonds is 6. The highest BCUT2D eigenvalue weighted by molar-refractivity contribution is 5.75. The number of hydrogen-bond donors (Lipinski definition) is 1. The van der Waals surface area contributed by atoms with Crippen LogP contribution in [0.15, 0.2) is 46.0 Å². The van der Waals surface area contributed by atoms with Crippen LogP contribution in [0.3, 0.4) is 0 Å². The lowest BCUT2D eigenvalue weighted by Crippen LogP contribution is -2.37. The number of aromatic nitrogens is 5. The van der Waals surface area contributed by atoms with Gasteiger partial charge in [-0.05, 0) is 31.5 Å². The third-order valence-corrected chi connectivity index (χ3v) is 3.74. The predicted molar refractivity (Wildman–Crippen MR) is 92.9 cm³/mol. The number of carbonyl (C=O) groups excluding carboxylic acids is 1. The highest BCUT2D eigenvalue weighted by Gasteiger charge is 2.15. The Morgan fingerprint density at radius 2 is 2.19 bits per heavy atom. The number of pyridine rings is 1. The van der Waals surface area contributed by atoms with Gasteiger partial charge in [-0.1, -0.05) is 12.1 Å². The molecule has 0 saturated carbocycles. The SMILES string of the molecule is CCC(C)NC(=O)Cn1nc(-c2nc(-c3cccnc3)no2)ccc1=O. The Morgan fingerprint density at radius 1 is 1.35 bits per heavy atom. The van der Waals surface area contributed by atoms with E-state index in [0.717, 1.165) is 11.1 Å². The summed E-state index contributed by atoms with van der Waals surface area (Å²) < 4.78 is 6.29. The average molecular weight is 354 g/mol. The van der Waals surface area contributed by atoms with E-state index in [9.17, 15) is 9.59 Å². The van der Waals surface area contributed by atoms with Gasteiger partial charge in [0.05, 0.1) is 0 Å². The zero-order chi connectivity index (χ0) is 18.5. The normalized spacial score (nSPS) is 11.9. The second-order valence-electron chi connectivity index (χ2n) is 5.76. The molecular formula is C17H18N6O3. The van der Waals surface area contributed by atoms with Crippen LogP contribution in [0.5, 0.6) is 0 Å². The van der Waals surface area contributed by atoms with Gasteiger partial charge >= 0.3 is 0 Å². The fourth-order valence-electron chi connectivity index (χ4n) is 2.17. The molecule has 26 heavy (non-hydrogen) atoms. The molecule has 0 aliphatic heterocycles. The van der Waals surface area contributed by atoms with Gasteiger partial charge in [0, 0.05) is 30.1 Å². The quantitative estimate of drug-likeness (QED) is 0.708. The molecule has 3 heterocycles. The lowest BCUT2D eigenvalue weighted by molar-refractivity contribution is -0.122. The average Bonchev–Trinajstić information content (AvgIpc) is 3.14. The fourth-order valence-corrected chi connectivity index (χ4v) is 2.17. The van der Waals surface area contributed by atoms with Gasteiger partial charge < -0.3 is 9.84 Å². The Bertz CT molecular complexity index is 950. The first-order chi connectivity index (χ1) is 12.6. The van der Waals surface area contributed by atoms with E-state index in [-0.39, 0.29) is 29.9 Å². The largest absolute Gasteiger partial charge is 0.352 e. The maximum Gasteiger partial charge on any atom is 0.278 e. The summed E-state index contributed by atoms with van der Waals surface area (Å²) in [5.74, 6) is 0.231. The first-order valence-corrected chi connectivity index (χ1v) is 8.19. The maximum absolute atomic E-state index is 12.0. The smallest absolute Gasteiger partial charge is 0.278 e. The highest BCUT2D eigenvalue weighted by atomic mass is 16.5. The molecule has 0 spiro atoms. The third kappa shape index (κ3) is 4.00. The molecule has 0 saturated heterocycles. The lowest BCUT2D eigenvalue weighted by Gasteiger charge is -2.11. The van der Waals surface area contributed by atoms with Crippen molar-refractivity contribution in [3.63, 3.8) is 0 Å². The fraction of sp³-hybridized carbons (Fsp3) is 0.294. The first-order valence-electron chi connectivity index (χ1n) is 8.19. The van der Waals surface area contributed by atoms with E-state index >= 15 is 0 Å². The molecule has 9 heteroatoms. The van der Waals surface area contributed by atoms with Crippen LogP contribution in [0.2, 0.25) is 0 Å². The number of nitrogens with one attached hydrogen (secondary N) is 1. The second-order valence-corrected chi connectivity index (χ2v) is 5.76. The molecule has 0 aliphatic carbocycles. The van der Waals surface area contributed by atoms with Crippen molar-refractivity contribution in [2.24, 2.45) is 0 Å². The minimum Gasteiger partial charge on any atom is -0.352 e. The Kier molecular flexibility index (Phi) is 5.16. The van der Waals surface area contributed by atoms with Gasteiger partial charge in [0.15, 0.2) is 0 Å². The van der Waals surface area contributed by atoms with Crippen LogP contribution in [-0.4, -0.2) is 36.9 Å². The number of nitrogens with zero attached hydrogens (tertiary/aromatic N) is 5. The number of carbonyl (C=O) groups is 1. The molecule has 1 N–H and O–H groups in total. The minimum absolute atomic E-state index is 0.0272. The first kappa shape index (κ1) is 17.5. The van der Waals surface area contributed by atoms with Crippen LogP contribution in [0, 0.1) is 0 Å². The van der Waals surface area contributed by atoms with Crippen LogP contribution in [-0.2, 0) is 11.3 Å². The van der Waals surface area contributed by atoms with E-state index in [2.05, 4.69) is 25.5 Å². The summed E-state index contributed by atoms with van der Waals surface area (Å²) in [7, 11) is 0. The molecular weight excluding hydrogens is 336 g/mol. The molecule has 3 aromatic heterocycles. The molecule has 9 nitrogen and oxygen atoms in total. The van der Waals surface area contributed by atoms with E-state index in [1.807, 2.05) is 13.8 Å². The molecule has 3 aromatic rings. The van der Waals surface area contributed by atoms with Crippen molar-refractivity contribution >= 4 is 5.91 Å². The zero-order valence-corrected chi connectivity index (χ0v) is 14.4. The van der Waals surface area contributed by atoms with E-state index in [0.29, 0.717) is 17.1 Å². The zero-order valence-electron chi connectivity index (χ0n) is 14.4. The van der Waals surface area contributed by atoms with E-state index in [4.69, 9.17) is 4.52 Å². The predicted octanol–water partition coefficient (Wildman–Crippen LogP) is 1.27. The molecule has 3 rings (SSSR count). The van der Waals surface area contributed by atoms with Crippen molar-refractivity contribution in [3.8, 4) is 23.0 Å². The van der Waals surface area contributed by atoms with Gasteiger partial charge in [-0.3, -0.25) is 14.6 Å². The van der Waals surface area contributed by atoms with E-state index in [1.54, 1.807) is 24.5 Å². The highest BCUT2D eigenvalue weighted by Crippen LogP contribution is 2.19. The summed E-state index contributed by atoms with van der Waals surface area (Å²) in [5.41, 5.74) is 0.618. The van der Waals surface area contributed by atoms with Crippen molar-refractivity contribution in [1.29, 1.82) is 0 Å².